The molecule has 1 aromatic heterocycles. The molecule has 0 spiro atoms. The van der Waals surface area contributed by atoms with Crippen molar-refractivity contribution in [3.8, 4) is 0 Å². The third kappa shape index (κ3) is 3.15. The molecule has 0 bridgehead atoms. The van der Waals surface area contributed by atoms with E-state index in [1.807, 2.05) is 0 Å². The minimum atomic E-state index is -3.78. The van der Waals surface area contributed by atoms with E-state index in [1.165, 1.54) is 11.2 Å². The first-order valence-corrected chi connectivity index (χ1v) is 9.27. The summed E-state index contributed by atoms with van der Waals surface area (Å²) in [5.41, 5.74) is 0.212. The monoisotopic (exact) mass is 384 g/mol. The summed E-state index contributed by atoms with van der Waals surface area (Å²) >= 11 is 0. The molecule has 0 radical (unpaired) electrons. The molecule has 3 rings (SSSR count). The lowest BCUT2D eigenvalue weighted by atomic mass is 10.2. The number of nitro groups is 1. The zero-order valence-corrected chi connectivity index (χ0v) is 15.0. The number of rotatable bonds is 4. The van der Waals surface area contributed by atoms with Crippen LogP contribution in [0.1, 0.15) is 11.5 Å². The van der Waals surface area contributed by atoms with Crippen molar-refractivity contribution in [3.63, 3.8) is 0 Å². The Kier molecular flexibility index (Phi) is 4.67. The zero-order chi connectivity index (χ0) is 19.1. The fourth-order valence-corrected chi connectivity index (χ4v) is 4.76. The Morgan fingerprint density at radius 1 is 1.23 bits per heavy atom. The lowest BCUT2D eigenvalue weighted by molar-refractivity contribution is -0.384. The van der Waals surface area contributed by atoms with E-state index in [4.69, 9.17) is 4.52 Å². The van der Waals surface area contributed by atoms with Crippen LogP contribution in [-0.2, 0) is 10.0 Å². The SMILES string of the molecule is Cc1noc(C)c1S(=O)(=O)N1CCN(c2cc(F)ccc2[N+](=O)[O-])CC1. The largest absolute Gasteiger partial charge is 0.363 e. The van der Waals surface area contributed by atoms with Crippen LogP contribution in [0.4, 0.5) is 15.8 Å². The van der Waals surface area contributed by atoms with Gasteiger partial charge in [0, 0.05) is 38.3 Å². The highest BCUT2D eigenvalue weighted by molar-refractivity contribution is 7.89. The minimum Gasteiger partial charge on any atom is -0.363 e. The van der Waals surface area contributed by atoms with E-state index in [0.717, 1.165) is 18.2 Å². The van der Waals surface area contributed by atoms with Gasteiger partial charge in [0.05, 0.1) is 4.92 Å². The highest BCUT2D eigenvalue weighted by Crippen LogP contribution is 2.31. The topological polar surface area (TPSA) is 110 Å². The van der Waals surface area contributed by atoms with Crippen LogP contribution in [0.5, 0.6) is 0 Å². The molecule has 0 N–H and O–H groups in total. The summed E-state index contributed by atoms with van der Waals surface area (Å²) in [6.45, 7) is 3.70. The summed E-state index contributed by atoms with van der Waals surface area (Å²) in [6.07, 6.45) is 0. The van der Waals surface area contributed by atoms with Crippen molar-refractivity contribution in [2.75, 3.05) is 31.1 Å². The lowest BCUT2D eigenvalue weighted by Crippen LogP contribution is -2.49. The third-order valence-corrected chi connectivity index (χ3v) is 6.42. The van der Waals surface area contributed by atoms with Crippen molar-refractivity contribution in [3.05, 3.63) is 45.6 Å². The van der Waals surface area contributed by atoms with Crippen LogP contribution in [0.2, 0.25) is 0 Å². The van der Waals surface area contributed by atoms with Gasteiger partial charge in [-0.1, -0.05) is 5.16 Å². The van der Waals surface area contributed by atoms with Crippen molar-refractivity contribution >= 4 is 21.4 Å². The molecule has 0 unspecified atom stereocenters. The Bertz CT molecular complexity index is 931. The number of hydrogen-bond acceptors (Lipinski definition) is 7. The predicted molar refractivity (Wildman–Crippen MR) is 90.0 cm³/mol. The summed E-state index contributed by atoms with van der Waals surface area (Å²) in [7, 11) is -3.78. The summed E-state index contributed by atoms with van der Waals surface area (Å²) in [6, 6.07) is 3.23. The maximum Gasteiger partial charge on any atom is 0.292 e. The van der Waals surface area contributed by atoms with Crippen LogP contribution in [0.25, 0.3) is 0 Å². The summed E-state index contributed by atoms with van der Waals surface area (Å²) < 4.78 is 45.4. The molecule has 0 aliphatic carbocycles. The number of sulfonamides is 1. The quantitative estimate of drug-likeness (QED) is 0.584. The van der Waals surface area contributed by atoms with E-state index in [9.17, 15) is 22.9 Å². The molecule has 2 aromatic rings. The van der Waals surface area contributed by atoms with E-state index in [2.05, 4.69) is 5.16 Å². The van der Waals surface area contributed by atoms with Gasteiger partial charge in [0.15, 0.2) is 5.76 Å². The van der Waals surface area contributed by atoms with Crippen LogP contribution in [0, 0.1) is 29.8 Å². The second-order valence-corrected chi connectivity index (χ2v) is 7.81. The number of nitro benzene ring substituents is 1. The van der Waals surface area contributed by atoms with Gasteiger partial charge in [0.25, 0.3) is 5.69 Å². The van der Waals surface area contributed by atoms with Gasteiger partial charge in [-0.25, -0.2) is 12.8 Å². The van der Waals surface area contributed by atoms with Gasteiger partial charge in [0.1, 0.15) is 22.1 Å². The number of benzene rings is 1. The zero-order valence-electron chi connectivity index (χ0n) is 14.2. The standard InChI is InChI=1S/C15H17FN4O5S/c1-10-15(11(2)25-17-10)26(23,24)19-7-5-18(6-8-19)14-9-12(16)3-4-13(14)20(21)22/h3-4,9H,5-8H2,1-2H3. The van der Waals surface area contributed by atoms with Gasteiger partial charge in [0.2, 0.25) is 10.0 Å². The van der Waals surface area contributed by atoms with Gasteiger partial charge in [-0.05, 0) is 19.9 Å². The number of halogens is 1. The smallest absolute Gasteiger partial charge is 0.292 e. The Hall–Kier alpha value is -2.53. The molecule has 0 atom stereocenters. The van der Waals surface area contributed by atoms with Crippen molar-refractivity contribution in [1.29, 1.82) is 0 Å². The van der Waals surface area contributed by atoms with Crippen LogP contribution < -0.4 is 4.90 Å². The van der Waals surface area contributed by atoms with E-state index in [1.54, 1.807) is 11.8 Å². The average molecular weight is 384 g/mol. The Balaban J connectivity index is 1.82. The number of anilines is 1. The fourth-order valence-electron chi connectivity index (χ4n) is 3.05. The molecule has 140 valence electrons. The normalized spacial score (nSPS) is 16.0. The number of hydrogen-bond donors (Lipinski definition) is 0. The van der Waals surface area contributed by atoms with Gasteiger partial charge >= 0.3 is 0 Å². The number of nitrogens with zero attached hydrogens (tertiary/aromatic N) is 4. The highest BCUT2D eigenvalue weighted by atomic mass is 32.2. The average Bonchev–Trinajstić information content (AvgIpc) is 2.94. The van der Waals surface area contributed by atoms with Crippen molar-refractivity contribution in [2.24, 2.45) is 0 Å². The van der Waals surface area contributed by atoms with Crippen LogP contribution in [0.15, 0.2) is 27.6 Å². The molecular formula is C15H17FN4O5S. The van der Waals surface area contributed by atoms with Crippen molar-refractivity contribution < 1.29 is 22.3 Å². The fraction of sp³-hybridized carbons (Fsp3) is 0.400. The summed E-state index contributed by atoms with van der Waals surface area (Å²) in [5.74, 6) is -0.373. The van der Waals surface area contributed by atoms with Gasteiger partial charge in [-0.3, -0.25) is 10.1 Å². The molecule has 0 saturated carbocycles. The highest BCUT2D eigenvalue weighted by Gasteiger charge is 2.34. The van der Waals surface area contributed by atoms with Crippen molar-refractivity contribution in [1.82, 2.24) is 9.46 Å². The van der Waals surface area contributed by atoms with Crippen LogP contribution in [-0.4, -0.2) is 49.0 Å². The van der Waals surface area contributed by atoms with E-state index in [0.29, 0.717) is 0 Å². The maximum atomic E-state index is 13.5. The Morgan fingerprint density at radius 3 is 2.42 bits per heavy atom. The van der Waals surface area contributed by atoms with Gasteiger partial charge in [-0.15, -0.1) is 0 Å². The van der Waals surface area contributed by atoms with E-state index >= 15 is 0 Å². The predicted octanol–water partition coefficient (Wildman–Crippen LogP) is 1.85. The number of piperazine rings is 1. The number of aryl methyl sites for hydroxylation is 2. The van der Waals surface area contributed by atoms with Crippen LogP contribution in [0.3, 0.4) is 0 Å². The molecule has 1 fully saturated rings. The molecule has 0 amide bonds. The van der Waals surface area contributed by atoms with E-state index in [-0.39, 0.29) is 53.9 Å². The molecule has 1 aliphatic rings. The second-order valence-electron chi connectivity index (χ2n) is 5.93. The summed E-state index contributed by atoms with van der Waals surface area (Å²) in [5, 5.41) is 14.8. The molecule has 1 aromatic carbocycles. The second kappa shape index (κ2) is 6.65. The summed E-state index contributed by atoms with van der Waals surface area (Å²) in [4.78, 5) is 12.2. The minimum absolute atomic E-state index is 0.0442. The van der Waals surface area contributed by atoms with E-state index < -0.39 is 20.8 Å². The molecule has 1 aliphatic heterocycles. The first-order chi connectivity index (χ1) is 12.2. The third-order valence-electron chi connectivity index (χ3n) is 4.28. The first kappa shape index (κ1) is 18.3. The Morgan fingerprint density at radius 2 is 1.88 bits per heavy atom. The molecule has 2 heterocycles. The molecule has 9 nitrogen and oxygen atoms in total. The van der Waals surface area contributed by atoms with Crippen LogP contribution >= 0.6 is 0 Å². The van der Waals surface area contributed by atoms with Gasteiger partial charge in [-0.2, -0.15) is 4.31 Å². The molecule has 26 heavy (non-hydrogen) atoms. The molecule has 11 heteroatoms. The Labute approximate surface area is 149 Å². The maximum absolute atomic E-state index is 13.5. The lowest BCUT2D eigenvalue weighted by Gasteiger charge is -2.34. The molecular weight excluding hydrogens is 367 g/mol. The van der Waals surface area contributed by atoms with Crippen molar-refractivity contribution in [2.45, 2.75) is 18.7 Å². The molecule has 1 saturated heterocycles. The number of aromatic nitrogens is 1. The van der Waals surface area contributed by atoms with Gasteiger partial charge < -0.3 is 9.42 Å². The first-order valence-electron chi connectivity index (χ1n) is 7.83.